The minimum absolute atomic E-state index is 0.0161. The predicted molar refractivity (Wildman–Crippen MR) is 145 cm³/mol. The van der Waals surface area contributed by atoms with Crippen molar-refractivity contribution in [3.63, 3.8) is 0 Å². The Labute approximate surface area is 223 Å². The van der Waals surface area contributed by atoms with Crippen molar-refractivity contribution in [2.24, 2.45) is 5.41 Å². The predicted octanol–water partition coefficient (Wildman–Crippen LogP) is 5.85. The van der Waals surface area contributed by atoms with Gasteiger partial charge in [0.1, 0.15) is 0 Å². The summed E-state index contributed by atoms with van der Waals surface area (Å²) in [5.74, 6) is 1.43. The maximum atomic E-state index is 13.5. The number of likely N-dealkylation sites (tertiary alicyclic amines) is 2. The molecule has 0 saturated carbocycles. The molecule has 1 spiro atoms. The van der Waals surface area contributed by atoms with Crippen LogP contribution in [0.2, 0.25) is 5.02 Å². The van der Waals surface area contributed by atoms with Gasteiger partial charge in [-0.15, -0.1) is 0 Å². The zero-order chi connectivity index (χ0) is 26.0. The maximum absolute atomic E-state index is 13.5. The van der Waals surface area contributed by atoms with Gasteiger partial charge >= 0.3 is 0 Å². The average molecular weight is 521 g/mol. The van der Waals surface area contributed by atoms with E-state index in [1.165, 1.54) is 5.56 Å². The Bertz CT molecular complexity index is 1230. The zero-order valence-electron chi connectivity index (χ0n) is 21.6. The van der Waals surface area contributed by atoms with Gasteiger partial charge in [0.05, 0.1) is 21.3 Å². The fraction of sp³-hybridized carbons (Fsp3) is 0.367. The molecule has 2 aliphatic heterocycles. The molecule has 2 saturated heterocycles. The molecular weight excluding hydrogens is 488 g/mol. The van der Waals surface area contributed by atoms with Gasteiger partial charge < -0.3 is 19.1 Å². The Balaban J connectivity index is 1.34. The summed E-state index contributed by atoms with van der Waals surface area (Å²) in [7, 11) is 4.68. The number of piperidine rings is 1. The number of halogens is 1. The number of methoxy groups -OCH3 is 3. The summed E-state index contributed by atoms with van der Waals surface area (Å²) in [5, 5.41) is 0.807. The van der Waals surface area contributed by atoms with Gasteiger partial charge in [-0.05, 0) is 42.2 Å². The van der Waals surface area contributed by atoms with E-state index in [1.807, 2.05) is 23.1 Å². The Kier molecular flexibility index (Phi) is 7.31. The number of hydrogen-bond acceptors (Lipinski definition) is 5. The number of amides is 1. The molecule has 1 unspecified atom stereocenters. The molecule has 1 amide bonds. The third kappa shape index (κ3) is 4.76. The number of carbonyl (C=O) groups is 1. The molecule has 6 nitrogen and oxygen atoms in total. The van der Waals surface area contributed by atoms with E-state index in [2.05, 4.69) is 41.3 Å². The van der Waals surface area contributed by atoms with Crippen molar-refractivity contribution in [2.75, 3.05) is 41.0 Å². The molecule has 2 aliphatic rings. The summed E-state index contributed by atoms with van der Waals surface area (Å²) in [6.07, 6.45) is 1.89. The van der Waals surface area contributed by atoms with Crippen LogP contribution in [0, 0.1) is 5.41 Å². The number of rotatable bonds is 7. The lowest BCUT2D eigenvalue weighted by Gasteiger charge is -2.61. The van der Waals surface area contributed by atoms with Crippen molar-refractivity contribution in [2.45, 2.75) is 25.4 Å². The lowest BCUT2D eigenvalue weighted by Crippen LogP contribution is -2.62. The quantitative estimate of drug-likeness (QED) is 0.391. The van der Waals surface area contributed by atoms with E-state index in [1.54, 1.807) is 33.5 Å². The summed E-state index contributed by atoms with van der Waals surface area (Å²) in [6.45, 7) is 3.22. The fourth-order valence-corrected chi connectivity index (χ4v) is 6.22. The summed E-state index contributed by atoms with van der Waals surface area (Å²) >= 11 is 6.50. The lowest BCUT2D eigenvalue weighted by atomic mass is 9.63. The van der Waals surface area contributed by atoms with Gasteiger partial charge in [-0.3, -0.25) is 9.69 Å². The molecule has 3 aromatic carbocycles. The Morgan fingerprint density at radius 1 is 0.919 bits per heavy atom. The van der Waals surface area contributed by atoms with Crippen LogP contribution in [-0.2, 0) is 6.54 Å². The van der Waals surface area contributed by atoms with Crippen molar-refractivity contribution in [1.29, 1.82) is 0 Å². The fourth-order valence-electron chi connectivity index (χ4n) is 6.02. The number of ether oxygens (including phenoxy) is 3. The van der Waals surface area contributed by atoms with E-state index in [-0.39, 0.29) is 11.3 Å². The topological polar surface area (TPSA) is 51.2 Å². The minimum atomic E-state index is -0.0161. The Morgan fingerprint density at radius 3 is 2.14 bits per heavy atom. The third-order valence-corrected chi connectivity index (χ3v) is 8.24. The molecule has 194 valence electrons. The van der Waals surface area contributed by atoms with Gasteiger partial charge in [0, 0.05) is 48.2 Å². The van der Waals surface area contributed by atoms with E-state index >= 15 is 0 Å². The molecule has 0 aliphatic carbocycles. The Morgan fingerprint density at radius 2 is 1.54 bits per heavy atom. The highest BCUT2D eigenvalue weighted by Gasteiger charge is 2.54. The van der Waals surface area contributed by atoms with Crippen LogP contribution in [0.1, 0.15) is 40.4 Å². The highest BCUT2D eigenvalue weighted by atomic mass is 35.5. The van der Waals surface area contributed by atoms with Crippen molar-refractivity contribution in [3.05, 3.63) is 88.4 Å². The molecule has 2 heterocycles. The second-order valence-corrected chi connectivity index (χ2v) is 10.3. The molecule has 1 atom stereocenters. The number of carbonyl (C=O) groups excluding carboxylic acids is 1. The molecule has 2 fully saturated rings. The van der Waals surface area contributed by atoms with Crippen molar-refractivity contribution in [3.8, 4) is 17.2 Å². The van der Waals surface area contributed by atoms with E-state index in [0.29, 0.717) is 41.9 Å². The van der Waals surface area contributed by atoms with E-state index in [4.69, 9.17) is 25.8 Å². The monoisotopic (exact) mass is 520 g/mol. The van der Waals surface area contributed by atoms with Crippen LogP contribution in [0.15, 0.2) is 66.7 Å². The largest absolute Gasteiger partial charge is 0.493 e. The van der Waals surface area contributed by atoms with Gasteiger partial charge in [-0.1, -0.05) is 60.1 Å². The first kappa shape index (κ1) is 25.4. The highest BCUT2D eigenvalue weighted by molar-refractivity contribution is 6.31. The van der Waals surface area contributed by atoms with E-state index < -0.39 is 0 Å². The van der Waals surface area contributed by atoms with E-state index in [0.717, 1.165) is 36.5 Å². The van der Waals surface area contributed by atoms with Crippen molar-refractivity contribution < 1.29 is 19.0 Å². The van der Waals surface area contributed by atoms with Crippen LogP contribution in [0.25, 0.3) is 0 Å². The van der Waals surface area contributed by atoms with Crippen LogP contribution in [0.5, 0.6) is 17.2 Å². The maximum Gasteiger partial charge on any atom is 0.254 e. The molecule has 0 aromatic heterocycles. The third-order valence-electron chi connectivity index (χ3n) is 7.87. The van der Waals surface area contributed by atoms with E-state index in [9.17, 15) is 4.79 Å². The van der Waals surface area contributed by atoms with Gasteiger partial charge in [-0.25, -0.2) is 0 Å². The lowest BCUT2D eigenvalue weighted by molar-refractivity contribution is -0.113. The average Bonchev–Trinajstić information content (AvgIpc) is 2.93. The molecule has 37 heavy (non-hydrogen) atoms. The molecular formula is C30H33ClN2O4. The second kappa shape index (κ2) is 10.6. The zero-order valence-corrected chi connectivity index (χ0v) is 22.3. The molecule has 7 heteroatoms. The van der Waals surface area contributed by atoms with Crippen LogP contribution in [-0.4, -0.2) is 56.7 Å². The molecule has 3 aromatic rings. The summed E-state index contributed by atoms with van der Waals surface area (Å²) < 4.78 is 16.3. The summed E-state index contributed by atoms with van der Waals surface area (Å²) in [6, 6.07) is 22.6. The second-order valence-electron chi connectivity index (χ2n) is 9.88. The van der Waals surface area contributed by atoms with Crippen molar-refractivity contribution in [1.82, 2.24) is 9.80 Å². The van der Waals surface area contributed by atoms with Gasteiger partial charge in [0.2, 0.25) is 5.75 Å². The standard InChI is InChI=1S/C30H33ClN2O4/c1-35-25-17-23(18-26(36-2)27(25)37-3)29(34)32-15-13-30(14-16-32)20-33(19-22-11-7-8-12-24(22)31)28(30)21-9-5-4-6-10-21/h4-12,17-18,28H,13-16,19-20H2,1-3H3. The molecule has 0 radical (unpaired) electrons. The number of nitrogens with zero attached hydrogens (tertiary/aromatic N) is 2. The number of benzene rings is 3. The van der Waals surface area contributed by atoms with Gasteiger partial charge in [0.25, 0.3) is 5.91 Å². The Hall–Kier alpha value is -3.22. The van der Waals surface area contributed by atoms with Crippen LogP contribution < -0.4 is 14.2 Å². The van der Waals surface area contributed by atoms with Gasteiger partial charge in [0.15, 0.2) is 11.5 Å². The molecule has 0 bridgehead atoms. The smallest absolute Gasteiger partial charge is 0.254 e. The highest BCUT2D eigenvalue weighted by Crippen LogP contribution is 2.55. The van der Waals surface area contributed by atoms with Crippen LogP contribution in [0.4, 0.5) is 0 Å². The van der Waals surface area contributed by atoms with Crippen LogP contribution in [0.3, 0.4) is 0 Å². The molecule has 0 N–H and O–H groups in total. The van der Waals surface area contributed by atoms with Crippen molar-refractivity contribution >= 4 is 17.5 Å². The first-order valence-corrected chi connectivity index (χ1v) is 13.0. The van der Waals surface area contributed by atoms with Gasteiger partial charge in [-0.2, -0.15) is 0 Å². The first-order valence-electron chi connectivity index (χ1n) is 12.6. The molecule has 5 rings (SSSR count). The first-order chi connectivity index (χ1) is 18.0. The number of hydrogen-bond donors (Lipinski definition) is 0. The SMILES string of the molecule is COc1cc(C(=O)N2CCC3(CC2)CN(Cc2ccccc2Cl)C3c2ccccc2)cc(OC)c1OC. The normalized spacial score (nSPS) is 18.8. The summed E-state index contributed by atoms with van der Waals surface area (Å²) in [4.78, 5) is 18.0. The van der Waals surface area contributed by atoms with Crippen LogP contribution >= 0.6 is 11.6 Å². The minimum Gasteiger partial charge on any atom is -0.493 e. The summed E-state index contributed by atoms with van der Waals surface area (Å²) in [5.41, 5.74) is 3.15.